The molecule has 4 heteroatoms. The van der Waals surface area contributed by atoms with E-state index in [4.69, 9.17) is 5.73 Å². The van der Waals surface area contributed by atoms with Gasteiger partial charge < -0.3 is 10.6 Å². The third-order valence-electron chi connectivity index (χ3n) is 4.11. The van der Waals surface area contributed by atoms with Crippen LogP contribution in [0.2, 0.25) is 0 Å². The lowest BCUT2D eigenvalue weighted by Crippen LogP contribution is -2.62. The molecule has 1 heterocycles. The van der Waals surface area contributed by atoms with Crippen molar-refractivity contribution < 1.29 is 4.79 Å². The van der Waals surface area contributed by atoms with Gasteiger partial charge in [-0.05, 0) is 45.0 Å². The monoisotopic (exact) mass is 261 g/mol. The van der Waals surface area contributed by atoms with E-state index >= 15 is 0 Å². The average Bonchev–Trinajstić information content (AvgIpc) is 2.34. The van der Waals surface area contributed by atoms with E-state index in [0.717, 1.165) is 12.2 Å². The van der Waals surface area contributed by atoms with Crippen LogP contribution in [-0.4, -0.2) is 43.0 Å². The summed E-state index contributed by atoms with van der Waals surface area (Å²) in [5, 5.41) is 0. The standard InChI is InChI=1S/C15H23N3O/c1-10-6-5-7-13(12(10)3)18-11(2)9-17(4)14(8-16)15(18)19/h5-7,11,14H,8-9,16H2,1-4H3. The molecular weight excluding hydrogens is 238 g/mol. The number of carbonyl (C=O) groups is 1. The molecule has 0 spiro atoms. The minimum Gasteiger partial charge on any atom is -0.328 e. The lowest BCUT2D eigenvalue weighted by molar-refractivity contribution is -0.125. The fourth-order valence-corrected chi connectivity index (χ4v) is 2.83. The Labute approximate surface area is 115 Å². The molecule has 104 valence electrons. The van der Waals surface area contributed by atoms with E-state index in [1.807, 2.05) is 24.1 Å². The smallest absolute Gasteiger partial charge is 0.245 e. The van der Waals surface area contributed by atoms with Crippen molar-refractivity contribution in [3.05, 3.63) is 29.3 Å². The van der Waals surface area contributed by atoms with Gasteiger partial charge in [0.2, 0.25) is 5.91 Å². The zero-order valence-electron chi connectivity index (χ0n) is 12.2. The van der Waals surface area contributed by atoms with Gasteiger partial charge in [-0.1, -0.05) is 12.1 Å². The SMILES string of the molecule is Cc1cccc(N2C(=O)C(CN)N(C)CC2C)c1C. The number of rotatable bonds is 2. The number of hydrogen-bond acceptors (Lipinski definition) is 3. The van der Waals surface area contributed by atoms with Crippen molar-refractivity contribution in [2.45, 2.75) is 32.9 Å². The molecule has 1 aromatic rings. The topological polar surface area (TPSA) is 49.6 Å². The first-order valence-corrected chi connectivity index (χ1v) is 6.77. The number of amides is 1. The van der Waals surface area contributed by atoms with Gasteiger partial charge in [0.05, 0.1) is 0 Å². The number of piperazine rings is 1. The van der Waals surface area contributed by atoms with Crippen LogP contribution in [0.4, 0.5) is 5.69 Å². The largest absolute Gasteiger partial charge is 0.328 e. The summed E-state index contributed by atoms with van der Waals surface area (Å²) >= 11 is 0. The van der Waals surface area contributed by atoms with Crippen LogP contribution in [0.1, 0.15) is 18.1 Å². The number of carbonyl (C=O) groups excluding carboxylic acids is 1. The molecule has 0 bridgehead atoms. The van der Waals surface area contributed by atoms with Gasteiger partial charge in [0.1, 0.15) is 6.04 Å². The second-order valence-electron chi connectivity index (χ2n) is 5.47. The predicted molar refractivity (Wildman–Crippen MR) is 78.3 cm³/mol. The number of benzene rings is 1. The molecular formula is C15H23N3O. The Morgan fingerprint density at radius 2 is 2.05 bits per heavy atom. The highest BCUT2D eigenvalue weighted by Gasteiger charge is 2.37. The highest BCUT2D eigenvalue weighted by Crippen LogP contribution is 2.28. The molecule has 1 saturated heterocycles. The van der Waals surface area contributed by atoms with Crippen LogP contribution in [0, 0.1) is 13.8 Å². The van der Waals surface area contributed by atoms with Crippen molar-refractivity contribution in [2.75, 3.05) is 25.0 Å². The third kappa shape index (κ3) is 2.38. The highest BCUT2D eigenvalue weighted by atomic mass is 16.2. The second kappa shape index (κ2) is 5.31. The third-order valence-corrected chi connectivity index (χ3v) is 4.11. The van der Waals surface area contributed by atoms with Crippen LogP contribution in [0.5, 0.6) is 0 Å². The first-order chi connectivity index (χ1) is 8.97. The number of nitrogens with zero attached hydrogens (tertiary/aromatic N) is 2. The molecule has 0 aliphatic carbocycles. The first-order valence-electron chi connectivity index (χ1n) is 6.77. The van der Waals surface area contributed by atoms with E-state index in [0.29, 0.717) is 6.54 Å². The normalized spacial score (nSPS) is 24.9. The molecule has 0 radical (unpaired) electrons. The quantitative estimate of drug-likeness (QED) is 0.873. The van der Waals surface area contributed by atoms with Gasteiger partial charge in [0.25, 0.3) is 0 Å². The molecule has 1 aliphatic rings. The fourth-order valence-electron chi connectivity index (χ4n) is 2.83. The van der Waals surface area contributed by atoms with Gasteiger partial charge >= 0.3 is 0 Å². The summed E-state index contributed by atoms with van der Waals surface area (Å²) in [5.74, 6) is 0.109. The number of nitrogens with two attached hydrogens (primary N) is 1. The van der Waals surface area contributed by atoms with Crippen molar-refractivity contribution in [1.29, 1.82) is 0 Å². The maximum Gasteiger partial charge on any atom is 0.245 e. The predicted octanol–water partition coefficient (Wildman–Crippen LogP) is 1.30. The Morgan fingerprint density at radius 1 is 1.37 bits per heavy atom. The maximum atomic E-state index is 12.6. The molecule has 2 atom stereocenters. The molecule has 2 N–H and O–H groups in total. The van der Waals surface area contributed by atoms with Crippen molar-refractivity contribution in [3.8, 4) is 0 Å². The summed E-state index contributed by atoms with van der Waals surface area (Å²) < 4.78 is 0. The zero-order valence-corrected chi connectivity index (χ0v) is 12.2. The van der Waals surface area contributed by atoms with E-state index in [9.17, 15) is 4.79 Å². The average molecular weight is 261 g/mol. The van der Waals surface area contributed by atoms with Crippen LogP contribution in [0.3, 0.4) is 0 Å². The fraction of sp³-hybridized carbons (Fsp3) is 0.533. The molecule has 4 nitrogen and oxygen atoms in total. The first kappa shape index (κ1) is 14.0. The number of likely N-dealkylation sites (N-methyl/N-ethyl adjacent to an activating group) is 1. The Hall–Kier alpha value is -1.39. The summed E-state index contributed by atoms with van der Waals surface area (Å²) in [5.41, 5.74) is 9.14. The van der Waals surface area contributed by atoms with Gasteiger partial charge in [-0.15, -0.1) is 0 Å². The summed E-state index contributed by atoms with van der Waals surface area (Å²) in [6.45, 7) is 7.44. The van der Waals surface area contributed by atoms with E-state index < -0.39 is 0 Å². The van der Waals surface area contributed by atoms with Gasteiger partial charge in [0, 0.05) is 24.8 Å². The Bertz CT molecular complexity index is 486. The number of aryl methyl sites for hydroxylation is 1. The van der Waals surface area contributed by atoms with Gasteiger partial charge in [0.15, 0.2) is 0 Å². The molecule has 1 aliphatic heterocycles. The second-order valence-corrected chi connectivity index (χ2v) is 5.47. The summed E-state index contributed by atoms with van der Waals surface area (Å²) in [6, 6.07) is 6.06. The van der Waals surface area contributed by atoms with Crippen molar-refractivity contribution in [3.63, 3.8) is 0 Å². The van der Waals surface area contributed by atoms with Crippen molar-refractivity contribution in [1.82, 2.24) is 4.90 Å². The van der Waals surface area contributed by atoms with E-state index in [1.165, 1.54) is 11.1 Å². The Balaban J connectivity index is 2.42. The zero-order chi connectivity index (χ0) is 14.2. The van der Waals surface area contributed by atoms with E-state index in [-0.39, 0.29) is 18.0 Å². The number of anilines is 1. The van der Waals surface area contributed by atoms with E-state index in [1.54, 1.807) is 0 Å². The van der Waals surface area contributed by atoms with Crippen LogP contribution >= 0.6 is 0 Å². The van der Waals surface area contributed by atoms with Gasteiger partial charge in [-0.2, -0.15) is 0 Å². The molecule has 2 rings (SSSR count). The van der Waals surface area contributed by atoms with Crippen molar-refractivity contribution in [2.24, 2.45) is 5.73 Å². The summed E-state index contributed by atoms with van der Waals surface area (Å²) in [7, 11) is 1.96. The lowest BCUT2D eigenvalue weighted by Gasteiger charge is -2.43. The van der Waals surface area contributed by atoms with Crippen LogP contribution in [0.15, 0.2) is 18.2 Å². The van der Waals surface area contributed by atoms with Crippen LogP contribution in [-0.2, 0) is 4.79 Å². The molecule has 2 unspecified atom stereocenters. The lowest BCUT2D eigenvalue weighted by atomic mass is 10.0. The van der Waals surface area contributed by atoms with Gasteiger partial charge in [-0.3, -0.25) is 9.69 Å². The molecule has 19 heavy (non-hydrogen) atoms. The Kier molecular flexibility index (Phi) is 3.92. The molecule has 0 aromatic heterocycles. The molecule has 1 aromatic carbocycles. The van der Waals surface area contributed by atoms with Crippen LogP contribution < -0.4 is 10.6 Å². The van der Waals surface area contributed by atoms with E-state index in [2.05, 4.69) is 31.7 Å². The van der Waals surface area contributed by atoms with Crippen molar-refractivity contribution >= 4 is 11.6 Å². The van der Waals surface area contributed by atoms with Gasteiger partial charge in [-0.25, -0.2) is 0 Å². The summed E-state index contributed by atoms with van der Waals surface area (Å²) in [6.07, 6.45) is 0. The summed E-state index contributed by atoms with van der Waals surface area (Å²) in [4.78, 5) is 16.6. The molecule has 1 fully saturated rings. The minimum atomic E-state index is -0.212. The van der Waals surface area contributed by atoms with Crippen LogP contribution in [0.25, 0.3) is 0 Å². The number of hydrogen-bond donors (Lipinski definition) is 1. The molecule has 0 saturated carbocycles. The Morgan fingerprint density at radius 3 is 2.68 bits per heavy atom. The maximum absolute atomic E-state index is 12.6. The minimum absolute atomic E-state index is 0.109. The molecule has 1 amide bonds. The highest BCUT2D eigenvalue weighted by molar-refractivity contribution is 5.99.